The smallest absolute Gasteiger partial charge is 0.326 e. The molecule has 1 atom stereocenters. The molecule has 0 aromatic carbocycles. The zero-order valence-corrected chi connectivity index (χ0v) is 5.91. The topological polar surface area (TPSA) is 49.8 Å². The monoisotopic (exact) mass is 145 g/mol. The van der Waals surface area contributed by atoms with Gasteiger partial charge in [-0.3, -0.25) is 4.79 Å². The average molecular weight is 145 g/mol. The van der Waals surface area contributed by atoms with Gasteiger partial charge in [-0.05, 0) is 6.92 Å². The molecule has 1 heterocycles. The molecule has 0 bridgehead atoms. The maximum absolute atomic E-state index is 10.5. The number of nitrogens with zero attached hydrogens (tertiary/aromatic N) is 1. The third-order valence-electron chi connectivity index (χ3n) is 1.26. The number of carbonyl (C=O) groups excluding carboxylic acids is 1. The summed E-state index contributed by atoms with van der Waals surface area (Å²) in [7, 11) is 0. The molecular weight excluding hydrogens is 134 g/mol. The Balaban J connectivity index is 2.24. The maximum atomic E-state index is 10.5. The summed E-state index contributed by atoms with van der Waals surface area (Å²) in [6.07, 6.45) is -0.00176. The van der Waals surface area contributed by atoms with Crippen LogP contribution in [-0.4, -0.2) is 35.3 Å². The van der Waals surface area contributed by atoms with Crippen LogP contribution in [0.5, 0.6) is 0 Å². The fourth-order valence-corrected chi connectivity index (χ4v) is 0.875. The van der Waals surface area contributed by atoms with Gasteiger partial charge in [0.1, 0.15) is 0 Å². The zero-order chi connectivity index (χ0) is 7.56. The van der Waals surface area contributed by atoms with Crippen LogP contribution in [0.2, 0.25) is 0 Å². The fraction of sp³-hybridized carbons (Fsp3) is 0.833. The van der Waals surface area contributed by atoms with E-state index in [0.29, 0.717) is 19.5 Å². The van der Waals surface area contributed by atoms with E-state index in [1.165, 1.54) is 5.06 Å². The number of aliphatic hydroxyl groups is 1. The van der Waals surface area contributed by atoms with Crippen LogP contribution in [0.4, 0.5) is 0 Å². The van der Waals surface area contributed by atoms with Gasteiger partial charge in [0, 0.05) is 6.54 Å². The number of hydrogen-bond acceptors (Lipinski definition) is 4. The highest BCUT2D eigenvalue weighted by atomic mass is 16.7. The molecule has 4 heteroatoms. The largest absolute Gasteiger partial charge is 0.392 e. The van der Waals surface area contributed by atoms with Gasteiger partial charge in [0.05, 0.1) is 19.1 Å². The van der Waals surface area contributed by atoms with Gasteiger partial charge in [-0.2, -0.15) is 0 Å². The maximum Gasteiger partial charge on any atom is 0.326 e. The molecule has 1 aliphatic rings. The van der Waals surface area contributed by atoms with Crippen molar-refractivity contribution in [3.05, 3.63) is 0 Å². The Labute approximate surface area is 59.3 Å². The second-order valence-electron chi connectivity index (χ2n) is 2.45. The van der Waals surface area contributed by atoms with Crippen LogP contribution in [0.3, 0.4) is 0 Å². The minimum Gasteiger partial charge on any atom is -0.392 e. The Morgan fingerprint density at radius 1 is 1.90 bits per heavy atom. The highest BCUT2D eigenvalue weighted by Crippen LogP contribution is 2.05. The van der Waals surface area contributed by atoms with Gasteiger partial charge in [0.25, 0.3) is 0 Å². The fourth-order valence-electron chi connectivity index (χ4n) is 0.875. The molecule has 0 radical (unpaired) electrons. The number of aliphatic hydroxyl groups excluding tert-OH is 1. The first-order chi connectivity index (χ1) is 4.68. The molecule has 1 unspecified atom stereocenters. The van der Waals surface area contributed by atoms with Gasteiger partial charge >= 0.3 is 5.97 Å². The van der Waals surface area contributed by atoms with Gasteiger partial charge in [-0.25, -0.2) is 0 Å². The van der Waals surface area contributed by atoms with E-state index >= 15 is 0 Å². The molecule has 0 aliphatic carbocycles. The summed E-state index contributed by atoms with van der Waals surface area (Å²) >= 11 is 0. The summed E-state index contributed by atoms with van der Waals surface area (Å²) in [5.41, 5.74) is 0. The first-order valence-corrected chi connectivity index (χ1v) is 3.32. The van der Waals surface area contributed by atoms with Crippen LogP contribution in [0.15, 0.2) is 0 Å². The molecule has 1 aliphatic heterocycles. The predicted molar refractivity (Wildman–Crippen MR) is 34.0 cm³/mol. The molecule has 10 heavy (non-hydrogen) atoms. The third-order valence-corrected chi connectivity index (χ3v) is 1.26. The summed E-state index contributed by atoms with van der Waals surface area (Å²) in [6, 6.07) is 0. The van der Waals surface area contributed by atoms with E-state index in [0.717, 1.165) is 0 Å². The van der Waals surface area contributed by atoms with Crippen LogP contribution in [-0.2, 0) is 9.63 Å². The van der Waals surface area contributed by atoms with Gasteiger partial charge < -0.3 is 9.94 Å². The highest BCUT2D eigenvalue weighted by molar-refractivity contribution is 5.70. The second kappa shape index (κ2) is 2.98. The number of β-amino-alcohol motifs (C(OH)–C–C–N with tert-alkyl or cyclic N) is 1. The van der Waals surface area contributed by atoms with E-state index in [4.69, 9.17) is 9.94 Å². The van der Waals surface area contributed by atoms with Crippen molar-refractivity contribution in [2.45, 2.75) is 19.4 Å². The Morgan fingerprint density at radius 3 is 3.00 bits per heavy atom. The van der Waals surface area contributed by atoms with Crippen LogP contribution < -0.4 is 0 Å². The van der Waals surface area contributed by atoms with E-state index in [9.17, 15) is 4.79 Å². The molecule has 58 valence electrons. The minimum atomic E-state index is -0.439. The standard InChI is InChI=1S/C6H11NO3/c1-5(8)4-7-3-2-6(9)10-7/h5,8H,2-4H2,1H3. The van der Waals surface area contributed by atoms with Gasteiger partial charge in [0.2, 0.25) is 0 Å². The number of hydrogen-bond donors (Lipinski definition) is 1. The Bertz CT molecular complexity index is 135. The summed E-state index contributed by atoms with van der Waals surface area (Å²) in [5.74, 6) is -0.208. The number of hydroxylamine groups is 2. The molecule has 0 amide bonds. The predicted octanol–water partition coefficient (Wildman–Crippen LogP) is -0.469. The van der Waals surface area contributed by atoms with Crippen molar-refractivity contribution < 1.29 is 14.7 Å². The normalized spacial score (nSPS) is 22.8. The lowest BCUT2D eigenvalue weighted by Gasteiger charge is -2.13. The van der Waals surface area contributed by atoms with E-state index in [2.05, 4.69) is 0 Å². The van der Waals surface area contributed by atoms with E-state index in [1.54, 1.807) is 6.92 Å². The lowest BCUT2D eigenvalue weighted by molar-refractivity contribution is -0.173. The molecule has 1 saturated heterocycles. The molecule has 0 spiro atoms. The van der Waals surface area contributed by atoms with E-state index in [-0.39, 0.29) is 5.97 Å². The molecular formula is C6H11NO3. The minimum absolute atomic E-state index is 0.208. The lowest BCUT2D eigenvalue weighted by Crippen LogP contribution is -2.27. The van der Waals surface area contributed by atoms with E-state index in [1.807, 2.05) is 0 Å². The van der Waals surface area contributed by atoms with Crippen molar-refractivity contribution in [2.75, 3.05) is 13.1 Å². The van der Waals surface area contributed by atoms with Crippen LogP contribution in [0.1, 0.15) is 13.3 Å². The third kappa shape index (κ3) is 1.97. The number of carbonyl (C=O) groups is 1. The lowest BCUT2D eigenvalue weighted by atomic mass is 10.4. The van der Waals surface area contributed by atoms with Crippen molar-refractivity contribution in [1.29, 1.82) is 0 Å². The van der Waals surface area contributed by atoms with Crippen LogP contribution >= 0.6 is 0 Å². The Kier molecular flexibility index (Phi) is 2.24. The van der Waals surface area contributed by atoms with Gasteiger partial charge in [-0.1, -0.05) is 0 Å². The molecule has 1 N–H and O–H groups in total. The van der Waals surface area contributed by atoms with Crippen molar-refractivity contribution in [3.63, 3.8) is 0 Å². The summed E-state index contributed by atoms with van der Waals surface area (Å²) in [5, 5.41) is 10.3. The van der Waals surface area contributed by atoms with Crippen molar-refractivity contribution in [2.24, 2.45) is 0 Å². The second-order valence-corrected chi connectivity index (χ2v) is 2.45. The Morgan fingerprint density at radius 2 is 2.60 bits per heavy atom. The number of rotatable bonds is 2. The molecule has 0 aromatic heterocycles. The summed E-state index contributed by atoms with van der Waals surface area (Å²) < 4.78 is 0. The van der Waals surface area contributed by atoms with Gasteiger partial charge in [-0.15, -0.1) is 5.06 Å². The molecule has 1 fully saturated rings. The highest BCUT2D eigenvalue weighted by Gasteiger charge is 2.21. The van der Waals surface area contributed by atoms with Gasteiger partial charge in [0.15, 0.2) is 0 Å². The molecule has 0 aromatic rings. The van der Waals surface area contributed by atoms with Crippen molar-refractivity contribution in [1.82, 2.24) is 5.06 Å². The van der Waals surface area contributed by atoms with Crippen LogP contribution in [0, 0.1) is 0 Å². The molecule has 1 rings (SSSR count). The van der Waals surface area contributed by atoms with Crippen molar-refractivity contribution in [3.8, 4) is 0 Å². The molecule has 0 saturated carbocycles. The zero-order valence-electron chi connectivity index (χ0n) is 5.91. The van der Waals surface area contributed by atoms with Crippen LogP contribution in [0.25, 0.3) is 0 Å². The quantitative estimate of drug-likeness (QED) is 0.570. The Hall–Kier alpha value is -0.610. The first-order valence-electron chi connectivity index (χ1n) is 3.32. The van der Waals surface area contributed by atoms with E-state index < -0.39 is 6.10 Å². The van der Waals surface area contributed by atoms with Crippen molar-refractivity contribution >= 4 is 5.97 Å². The summed E-state index contributed by atoms with van der Waals surface area (Å²) in [6.45, 7) is 2.67. The SMILES string of the molecule is CC(O)CN1CCC(=O)O1. The summed E-state index contributed by atoms with van der Waals surface area (Å²) in [4.78, 5) is 15.2. The average Bonchev–Trinajstić information content (AvgIpc) is 2.13. The first kappa shape index (κ1) is 7.50. The molecule has 4 nitrogen and oxygen atoms in total.